The fraction of sp³-hybridized carbons (Fsp3) is 0.286. The molecule has 1 aromatic carbocycles. The van der Waals surface area contributed by atoms with Crippen molar-refractivity contribution >= 4 is 23.1 Å². The summed E-state index contributed by atoms with van der Waals surface area (Å²) < 4.78 is 9.89. The van der Waals surface area contributed by atoms with Crippen molar-refractivity contribution in [2.24, 2.45) is 0 Å². The van der Waals surface area contributed by atoms with Crippen LogP contribution in [-0.4, -0.2) is 36.4 Å². The van der Waals surface area contributed by atoms with Gasteiger partial charge in [-0.25, -0.2) is 9.97 Å². The molecule has 0 radical (unpaired) electrons. The maximum absolute atomic E-state index is 5.72. The minimum absolute atomic E-state index is 0.429. The summed E-state index contributed by atoms with van der Waals surface area (Å²) in [6.07, 6.45) is 1.42. The van der Waals surface area contributed by atoms with E-state index in [2.05, 4.69) is 15.3 Å². The van der Waals surface area contributed by atoms with E-state index < -0.39 is 0 Å². The van der Waals surface area contributed by atoms with Crippen molar-refractivity contribution in [3.63, 3.8) is 0 Å². The number of hydrogen-bond donors (Lipinski definition) is 1. The van der Waals surface area contributed by atoms with Gasteiger partial charge in [0, 0.05) is 11.8 Å². The van der Waals surface area contributed by atoms with Gasteiger partial charge in [-0.2, -0.15) is 0 Å². The van der Waals surface area contributed by atoms with Gasteiger partial charge in [0.1, 0.15) is 17.3 Å². The van der Waals surface area contributed by atoms with E-state index in [1.54, 1.807) is 6.07 Å². The van der Waals surface area contributed by atoms with Crippen molar-refractivity contribution < 1.29 is 9.47 Å². The zero-order valence-electron chi connectivity index (χ0n) is 11.0. The molecular weight excluding hydrogens is 278 g/mol. The molecule has 0 unspecified atom stereocenters. The summed E-state index contributed by atoms with van der Waals surface area (Å²) in [5.41, 5.74) is 0.974. The minimum Gasteiger partial charge on any atom is -0.377 e. The largest absolute Gasteiger partial charge is 0.377 e. The average Bonchev–Trinajstić information content (AvgIpc) is 2.51. The lowest BCUT2D eigenvalue weighted by atomic mass is 10.3. The quantitative estimate of drug-likeness (QED) is 0.863. The molecule has 106 valence electrons. The summed E-state index contributed by atoms with van der Waals surface area (Å²) in [6.45, 7) is 3.11. The monoisotopic (exact) mass is 293 g/mol. The lowest BCUT2D eigenvalue weighted by molar-refractivity contribution is -0.0334. The van der Waals surface area contributed by atoms with Crippen LogP contribution in [0.4, 0.5) is 11.5 Å². The Labute approximate surface area is 122 Å². The smallest absolute Gasteiger partial charge is 0.135 e. The van der Waals surface area contributed by atoms with Gasteiger partial charge in [0.2, 0.25) is 0 Å². The van der Waals surface area contributed by atoms with Gasteiger partial charge in [-0.3, -0.25) is 0 Å². The standard InChI is InChI=1S/C10H8ClN3.C4H8O2/c11-9-6-10(13-7-12-9)14-8-4-2-1-3-5-8;1-2-6-4-3-5-1/h1-7H,(H,12,13,14);1-4H2. The number of nitrogens with zero attached hydrogens (tertiary/aromatic N) is 2. The number of ether oxygens (including phenoxy) is 2. The highest BCUT2D eigenvalue weighted by atomic mass is 35.5. The first kappa shape index (κ1) is 14.7. The summed E-state index contributed by atoms with van der Waals surface area (Å²) in [5.74, 6) is 0.691. The number of benzene rings is 1. The Kier molecular flexibility index (Phi) is 6.23. The fourth-order valence-electron chi connectivity index (χ4n) is 1.51. The van der Waals surface area contributed by atoms with Crippen LogP contribution in [0.25, 0.3) is 0 Å². The molecule has 1 aromatic heterocycles. The Bertz CT molecular complexity index is 495. The van der Waals surface area contributed by atoms with Gasteiger partial charge in [0.15, 0.2) is 0 Å². The van der Waals surface area contributed by atoms with Gasteiger partial charge in [0.05, 0.1) is 26.4 Å². The summed E-state index contributed by atoms with van der Waals surface area (Å²) in [7, 11) is 0. The Morgan fingerprint density at radius 3 is 2.15 bits per heavy atom. The van der Waals surface area contributed by atoms with E-state index in [-0.39, 0.29) is 0 Å². The molecule has 0 saturated carbocycles. The zero-order chi connectivity index (χ0) is 14.0. The van der Waals surface area contributed by atoms with Crippen molar-refractivity contribution in [1.29, 1.82) is 0 Å². The van der Waals surface area contributed by atoms with Crippen molar-refractivity contribution in [2.45, 2.75) is 0 Å². The summed E-state index contributed by atoms with van der Waals surface area (Å²) in [6, 6.07) is 11.4. The van der Waals surface area contributed by atoms with Crippen molar-refractivity contribution in [2.75, 3.05) is 31.7 Å². The second-order valence-electron chi connectivity index (χ2n) is 3.94. The van der Waals surface area contributed by atoms with E-state index in [1.165, 1.54) is 6.33 Å². The molecule has 5 nitrogen and oxygen atoms in total. The molecule has 1 fully saturated rings. The van der Waals surface area contributed by atoms with E-state index >= 15 is 0 Å². The molecule has 0 amide bonds. The van der Waals surface area contributed by atoms with Crippen LogP contribution < -0.4 is 5.32 Å². The Morgan fingerprint density at radius 1 is 0.950 bits per heavy atom. The van der Waals surface area contributed by atoms with Crippen LogP contribution in [0.1, 0.15) is 0 Å². The molecule has 1 N–H and O–H groups in total. The Morgan fingerprint density at radius 2 is 1.60 bits per heavy atom. The molecule has 3 rings (SSSR count). The highest BCUT2D eigenvalue weighted by Crippen LogP contribution is 2.15. The number of para-hydroxylation sites is 1. The number of nitrogens with one attached hydrogen (secondary N) is 1. The Balaban J connectivity index is 0.000000205. The molecule has 20 heavy (non-hydrogen) atoms. The van der Waals surface area contributed by atoms with E-state index in [0.717, 1.165) is 32.1 Å². The van der Waals surface area contributed by atoms with Crippen LogP contribution in [0.3, 0.4) is 0 Å². The number of hydrogen-bond acceptors (Lipinski definition) is 5. The van der Waals surface area contributed by atoms with Gasteiger partial charge in [-0.15, -0.1) is 0 Å². The first-order valence-corrected chi connectivity index (χ1v) is 6.67. The fourth-order valence-corrected chi connectivity index (χ4v) is 1.66. The topological polar surface area (TPSA) is 56.3 Å². The van der Waals surface area contributed by atoms with Crippen molar-refractivity contribution in [3.8, 4) is 0 Å². The Hall–Kier alpha value is -1.69. The van der Waals surface area contributed by atoms with Crippen LogP contribution in [0.2, 0.25) is 5.15 Å². The van der Waals surface area contributed by atoms with Crippen LogP contribution in [0, 0.1) is 0 Å². The van der Waals surface area contributed by atoms with Gasteiger partial charge in [-0.1, -0.05) is 29.8 Å². The molecule has 6 heteroatoms. The molecule has 0 bridgehead atoms. The maximum Gasteiger partial charge on any atom is 0.135 e. The van der Waals surface area contributed by atoms with Gasteiger partial charge in [-0.05, 0) is 12.1 Å². The molecule has 0 aliphatic carbocycles. The molecule has 0 spiro atoms. The lowest BCUT2D eigenvalue weighted by Crippen LogP contribution is -2.16. The minimum atomic E-state index is 0.429. The normalized spacial score (nSPS) is 14.1. The van der Waals surface area contributed by atoms with Crippen LogP contribution >= 0.6 is 11.6 Å². The second kappa shape index (κ2) is 8.47. The average molecular weight is 294 g/mol. The third-order valence-corrected chi connectivity index (χ3v) is 2.63. The van der Waals surface area contributed by atoms with Gasteiger partial charge < -0.3 is 14.8 Å². The third-order valence-electron chi connectivity index (χ3n) is 2.42. The molecule has 0 atom stereocenters. The van der Waals surface area contributed by atoms with Crippen LogP contribution in [0.5, 0.6) is 0 Å². The van der Waals surface area contributed by atoms with Gasteiger partial charge in [0.25, 0.3) is 0 Å². The SMILES string of the molecule is C1COCCO1.Clc1cc(Nc2ccccc2)ncn1. The molecule has 1 aliphatic heterocycles. The predicted molar refractivity (Wildman–Crippen MR) is 78.4 cm³/mol. The first-order chi connectivity index (χ1) is 9.84. The second-order valence-corrected chi connectivity index (χ2v) is 4.33. The summed E-state index contributed by atoms with van der Waals surface area (Å²) in [4.78, 5) is 7.82. The lowest BCUT2D eigenvalue weighted by Gasteiger charge is -2.09. The van der Waals surface area contributed by atoms with Crippen molar-refractivity contribution in [1.82, 2.24) is 9.97 Å². The van der Waals surface area contributed by atoms with E-state index in [1.807, 2.05) is 30.3 Å². The van der Waals surface area contributed by atoms with Gasteiger partial charge >= 0.3 is 0 Å². The highest BCUT2D eigenvalue weighted by Gasteiger charge is 1.96. The first-order valence-electron chi connectivity index (χ1n) is 6.30. The molecular formula is C14H16ClN3O2. The van der Waals surface area contributed by atoms with E-state index in [4.69, 9.17) is 21.1 Å². The number of halogens is 1. The molecule has 1 aliphatic rings. The van der Waals surface area contributed by atoms with Crippen LogP contribution in [0.15, 0.2) is 42.7 Å². The predicted octanol–water partition coefficient (Wildman–Crippen LogP) is 2.91. The highest BCUT2D eigenvalue weighted by molar-refractivity contribution is 6.29. The summed E-state index contributed by atoms with van der Waals surface area (Å²) >= 11 is 5.72. The zero-order valence-corrected chi connectivity index (χ0v) is 11.7. The number of rotatable bonds is 2. The van der Waals surface area contributed by atoms with Crippen molar-refractivity contribution in [3.05, 3.63) is 47.9 Å². The number of aromatic nitrogens is 2. The number of anilines is 2. The van der Waals surface area contributed by atoms with E-state index in [9.17, 15) is 0 Å². The van der Waals surface area contributed by atoms with E-state index in [0.29, 0.717) is 11.0 Å². The molecule has 2 aromatic rings. The molecule has 1 saturated heterocycles. The third kappa shape index (κ3) is 5.52. The maximum atomic E-state index is 5.72. The molecule has 2 heterocycles. The van der Waals surface area contributed by atoms with Crippen LogP contribution in [-0.2, 0) is 9.47 Å². The summed E-state index contributed by atoms with van der Waals surface area (Å²) in [5, 5.41) is 3.54.